The first-order valence-corrected chi connectivity index (χ1v) is 8.10. The predicted octanol–water partition coefficient (Wildman–Crippen LogP) is 5.52. The maximum Gasteiger partial charge on any atom is 0.0712 e. The average molecular weight is 302 g/mol. The van der Waals surface area contributed by atoms with Gasteiger partial charge in [-0.2, -0.15) is 0 Å². The van der Waals surface area contributed by atoms with Crippen LogP contribution in [0.5, 0.6) is 0 Å². The number of alkyl halides is 1. The molecule has 0 heterocycles. The van der Waals surface area contributed by atoms with Crippen LogP contribution in [0.25, 0.3) is 0 Å². The van der Waals surface area contributed by atoms with Crippen LogP contribution in [0.1, 0.15) is 50.5 Å². The van der Waals surface area contributed by atoms with Gasteiger partial charge in [0.15, 0.2) is 0 Å². The number of hydrogen-bond acceptors (Lipinski definition) is 1. The molecule has 0 aliphatic carbocycles. The van der Waals surface area contributed by atoms with Gasteiger partial charge in [-0.15, -0.1) is 11.6 Å². The minimum absolute atomic E-state index is 0.0472. The Hall–Kier alpha value is -0.240. The highest BCUT2D eigenvalue weighted by atomic mass is 35.5. The molecule has 1 atom stereocenters. The van der Waals surface area contributed by atoms with Crippen LogP contribution >= 0.6 is 23.2 Å². The zero-order valence-corrected chi connectivity index (χ0v) is 13.6. The minimum Gasteiger partial charge on any atom is -0.302 e. The molecule has 0 radical (unpaired) electrons. The van der Waals surface area contributed by atoms with Crippen LogP contribution < -0.4 is 0 Å². The van der Waals surface area contributed by atoms with E-state index in [1.807, 2.05) is 24.3 Å². The average Bonchev–Trinajstić information content (AvgIpc) is 2.42. The molecule has 0 fully saturated rings. The number of unbranched alkanes of at least 4 members (excludes halogenated alkanes) is 2. The van der Waals surface area contributed by atoms with E-state index in [0.29, 0.717) is 0 Å². The molecular weight excluding hydrogens is 277 g/mol. The first-order chi connectivity index (χ1) is 9.17. The standard InChI is InChI=1S/C16H25Cl2N/c1-3-5-11-19(12-6-4-2)13-16(18)14-7-9-15(17)10-8-14/h7-10,16H,3-6,11-13H2,1-2H3. The molecule has 0 spiro atoms. The fourth-order valence-corrected chi connectivity index (χ4v) is 2.53. The second-order valence-corrected chi connectivity index (χ2v) is 5.99. The molecule has 0 saturated carbocycles. The van der Waals surface area contributed by atoms with Gasteiger partial charge in [0, 0.05) is 11.6 Å². The summed E-state index contributed by atoms with van der Waals surface area (Å²) >= 11 is 12.4. The van der Waals surface area contributed by atoms with Crippen molar-refractivity contribution in [3.8, 4) is 0 Å². The van der Waals surface area contributed by atoms with E-state index in [1.54, 1.807) is 0 Å². The molecule has 108 valence electrons. The summed E-state index contributed by atoms with van der Waals surface area (Å²) in [6.07, 6.45) is 4.95. The molecule has 1 nitrogen and oxygen atoms in total. The molecule has 0 N–H and O–H groups in total. The van der Waals surface area contributed by atoms with Gasteiger partial charge >= 0.3 is 0 Å². The van der Waals surface area contributed by atoms with Gasteiger partial charge in [0.25, 0.3) is 0 Å². The first kappa shape index (κ1) is 16.8. The lowest BCUT2D eigenvalue weighted by Gasteiger charge is -2.24. The zero-order valence-electron chi connectivity index (χ0n) is 12.0. The molecule has 0 saturated heterocycles. The van der Waals surface area contributed by atoms with Crippen molar-refractivity contribution in [1.29, 1.82) is 0 Å². The normalized spacial score (nSPS) is 12.9. The Morgan fingerprint density at radius 1 is 1.00 bits per heavy atom. The van der Waals surface area contributed by atoms with Gasteiger partial charge in [-0.25, -0.2) is 0 Å². The molecule has 0 aromatic heterocycles. The highest BCUT2D eigenvalue weighted by Crippen LogP contribution is 2.23. The third-order valence-corrected chi connectivity index (χ3v) is 3.95. The summed E-state index contributed by atoms with van der Waals surface area (Å²) in [6, 6.07) is 7.87. The number of benzene rings is 1. The van der Waals surface area contributed by atoms with Gasteiger partial charge < -0.3 is 4.90 Å². The number of halogens is 2. The maximum atomic E-state index is 6.53. The van der Waals surface area contributed by atoms with Gasteiger partial charge in [0.2, 0.25) is 0 Å². The highest BCUT2D eigenvalue weighted by molar-refractivity contribution is 6.30. The second-order valence-electron chi connectivity index (χ2n) is 5.03. The fourth-order valence-electron chi connectivity index (χ4n) is 2.06. The van der Waals surface area contributed by atoms with Crippen LogP contribution in [0, 0.1) is 0 Å². The van der Waals surface area contributed by atoms with Crippen LogP contribution in [0.4, 0.5) is 0 Å². The molecule has 0 aliphatic rings. The zero-order chi connectivity index (χ0) is 14.1. The monoisotopic (exact) mass is 301 g/mol. The van der Waals surface area contributed by atoms with Crippen molar-refractivity contribution in [2.45, 2.75) is 44.9 Å². The predicted molar refractivity (Wildman–Crippen MR) is 86.3 cm³/mol. The van der Waals surface area contributed by atoms with Gasteiger partial charge in [0.1, 0.15) is 0 Å². The number of hydrogen-bond donors (Lipinski definition) is 0. The van der Waals surface area contributed by atoms with Gasteiger partial charge in [0.05, 0.1) is 5.38 Å². The van der Waals surface area contributed by atoms with E-state index < -0.39 is 0 Å². The lowest BCUT2D eigenvalue weighted by molar-refractivity contribution is 0.265. The topological polar surface area (TPSA) is 3.24 Å². The van der Waals surface area contributed by atoms with Crippen LogP contribution in [-0.4, -0.2) is 24.5 Å². The Balaban J connectivity index is 2.53. The molecule has 19 heavy (non-hydrogen) atoms. The Bertz CT molecular complexity index is 329. The van der Waals surface area contributed by atoms with Crippen molar-refractivity contribution in [1.82, 2.24) is 4.90 Å². The Morgan fingerprint density at radius 3 is 2.00 bits per heavy atom. The van der Waals surface area contributed by atoms with Crippen molar-refractivity contribution >= 4 is 23.2 Å². The van der Waals surface area contributed by atoms with Crippen LogP contribution in [0.15, 0.2) is 24.3 Å². The highest BCUT2D eigenvalue weighted by Gasteiger charge is 2.13. The van der Waals surface area contributed by atoms with E-state index in [2.05, 4.69) is 18.7 Å². The van der Waals surface area contributed by atoms with E-state index >= 15 is 0 Å². The number of rotatable bonds is 9. The number of nitrogens with zero attached hydrogens (tertiary/aromatic N) is 1. The van der Waals surface area contributed by atoms with Crippen molar-refractivity contribution in [2.24, 2.45) is 0 Å². The molecular formula is C16H25Cl2N. The van der Waals surface area contributed by atoms with E-state index in [1.165, 1.54) is 25.7 Å². The Labute approximate surface area is 127 Å². The molecule has 1 aromatic carbocycles. The van der Waals surface area contributed by atoms with Gasteiger partial charge in [-0.3, -0.25) is 0 Å². The second kappa shape index (κ2) is 9.63. The van der Waals surface area contributed by atoms with Crippen molar-refractivity contribution in [3.05, 3.63) is 34.9 Å². The van der Waals surface area contributed by atoms with Gasteiger partial charge in [-0.1, -0.05) is 50.4 Å². The van der Waals surface area contributed by atoms with Crippen LogP contribution in [0.2, 0.25) is 5.02 Å². The van der Waals surface area contributed by atoms with Crippen molar-refractivity contribution < 1.29 is 0 Å². The summed E-state index contributed by atoms with van der Waals surface area (Å²) < 4.78 is 0. The summed E-state index contributed by atoms with van der Waals surface area (Å²) in [7, 11) is 0. The molecule has 0 aliphatic heterocycles. The molecule has 1 aromatic rings. The molecule has 1 rings (SSSR count). The van der Waals surface area contributed by atoms with Gasteiger partial charge in [-0.05, 0) is 43.6 Å². The largest absolute Gasteiger partial charge is 0.302 e. The van der Waals surface area contributed by atoms with E-state index in [0.717, 1.165) is 30.2 Å². The third-order valence-electron chi connectivity index (χ3n) is 3.31. The van der Waals surface area contributed by atoms with E-state index in [4.69, 9.17) is 23.2 Å². The van der Waals surface area contributed by atoms with Crippen molar-refractivity contribution in [2.75, 3.05) is 19.6 Å². The molecule has 0 bridgehead atoms. The van der Waals surface area contributed by atoms with Crippen LogP contribution in [-0.2, 0) is 0 Å². The summed E-state index contributed by atoms with van der Waals surface area (Å²) in [5.41, 5.74) is 1.16. The van der Waals surface area contributed by atoms with E-state index in [-0.39, 0.29) is 5.38 Å². The fraction of sp³-hybridized carbons (Fsp3) is 0.625. The molecule has 3 heteroatoms. The lowest BCUT2D eigenvalue weighted by atomic mass is 10.1. The quantitative estimate of drug-likeness (QED) is 0.543. The molecule has 0 amide bonds. The Kier molecular flexibility index (Phi) is 8.52. The minimum atomic E-state index is 0.0472. The SMILES string of the molecule is CCCCN(CCCC)CC(Cl)c1ccc(Cl)cc1. The van der Waals surface area contributed by atoms with E-state index in [9.17, 15) is 0 Å². The first-order valence-electron chi connectivity index (χ1n) is 7.29. The summed E-state index contributed by atoms with van der Waals surface area (Å²) in [6.45, 7) is 7.68. The smallest absolute Gasteiger partial charge is 0.0712 e. The Morgan fingerprint density at radius 2 is 1.53 bits per heavy atom. The van der Waals surface area contributed by atoms with Crippen molar-refractivity contribution in [3.63, 3.8) is 0 Å². The van der Waals surface area contributed by atoms with Crippen LogP contribution in [0.3, 0.4) is 0 Å². The summed E-state index contributed by atoms with van der Waals surface area (Å²) in [5.74, 6) is 0. The third kappa shape index (κ3) is 6.65. The summed E-state index contributed by atoms with van der Waals surface area (Å²) in [4.78, 5) is 2.49. The molecule has 1 unspecified atom stereocenters. The maximum absolute atomic E-state index is 6.53. The summed E-state index contributed by atoms with van der Waals surface area (Å²) in [5, 5.41) is 0.812. The lowest BCUT2D eigenvalue weighted by Crippen LogP contribution is -2.29.